The summed E-state index contributed by atoms with van der Waals surface area (Å²) >= 11 is 0. The molecule has 14 heavy (non-hydrogen) atoms. The summed E-state index contributed by atoms with van der Waals surface area (Å²) in [5.41, 5.74) is 0. The molecule has 1 aliphatic heterocycles. The molecular weight excluding hydrogens is 200 g/mol. The molecule has 0 aliphatic carbocycles. The van der Waals surface area contributed by atoms with Gasteiger partial charge in [0.15, 0.2) is 6.10 Å². The number of carbonyl (C=O) groups excluding carboxylic acids is 1. The first-order chi connectivity index (χ1) is 6.40. The van der Waals surface area contributed by atoms with Crippen LogP contribution in [0.15, 0.2) is 0 Å². The van der Waals surface area contributed by atoms with Gasteiger partial charge < -0.3 is 35.0 Å². The SMILES string of the molecule is O=C1OC(O)(C(O)C(O)C(O)CO)O1. The number of ether oxygens (including phenoxy) is 2. The minimum atomic E-state index is -2.66. The van der Waals surface area contributed by atoms with E-state index in [1.165, 1.54) is 0 Å². The van der Waals surface area contributed by atoms with Crippen molar-refractivity contribution < 1.29 is 39.8 Å². The molecule has 8 heteroatoms. The molecule has 0 aromatic rings. The fourth-order valence-electron chi connectivity index (χ4n) is 0.901. The molecule has 0 bridgehead atoms. The zero-order chi connectivity index (χ0) is 10.9. The summed E-state index contributed by atoms with van der Waals surface area (Å²) in [5, 5.41) is 44.6. The van der Waals surface area contributed by atoms with E-state index in [0.29, 0.717) is 0 Å². The van der Waals surface area contributed by atoms with Gasteiger partial charge in [-0.3, -0.25) is 0 Å². The Labute approximate surface area is 77.9 Å². The Morgan fingerprint density at radius 3 is 2.14 bits per heavy atom. The Balaban J connectivity index is 2.56. The summed E-state index contributed by atoms with van der Waals surface area (Å²) in [7, 11) is 0. The van der Waals surface area contributed by atoms with Crippen LogP contribution in [0.4, 0.5) is 4.79 Å². The predicted octanol–water partition coefficient (Wildman–Crippen LogP) is -3.13. The van der Waals surface area contributed by atoms with Gasteiger partial charge in [0.25, 0.3) is 0 Å². The highest BCUT2D eigenvalue weighted by Gasteiger charge is 2.57. The van der Waals surface area contributed by atoms with E-state index in [0.717, 1.165) is 0 Å². The Morgan fingerprint density at radius 2 is 1.79 bits per heavy atom. The maximum Gasteiger partial charge on any atom is 0.518 e. The maximum atomic E-state index is 10.2. The van der Waals surface area contributed by atoms with Gasteiger partial charge in [-0.25, -0.2) is 4.79 Å². The highest BCUT2D eigenvalue weighted by Crippen LogP contribution is 2.28. The number of aliphatic hydroxyl groups is 5. The van der Waals surface area contributed by atoms with E-state index in [2.05, 4.69) is 9.47 Å². The maximum absolute atomic E-state index is 10.2. The van der Waals surface area contributed by atoms with Gasteiger partial charge in [-0.05, 0) is 0 Å². The molecule has 1 rings (SSSR count). The molecule has 1 heterocycles. The summed E-state index contributed by atoms with van der Waals surface area (Å²) in [6.45, 7) is -0.831. The highest BCUT2D eigenvalue weighted by atomic mass is 17.0. The van der Waals surface area contributed by atoms with Crippen molar-refractivity contribution in [1.29, 1.82) is 0 Å². The van der Waals surface area contributed by atoms with E-state index in [9.17, 15) is 4.79 Å². The Bertz CT molecular complexity index is 220. The monoisotopic (exact) mass is 210 g/mol. The van der Waals surface area contributed by atoms with Crippen LogP contribution in [0, 0.1) is 0 Å². The van der Waals surface area contributed by atoms with Gasteiger partial charge >= 0.3 is 12.1 Å². The van der Waals surface area contributed by atoms with Crippen LogP contribution in [0.2, 0.25) is 0 Å². The predicted molar refractivity (Wildman–Crippen MR) is 37.6 cm³/mol. The van der Waals surface area contributed by atoms with E-state index < -0.39 is 37.0 Å². The van der Waals surface area contributed by atoms with Crippen molar-refractivity contribution in [3.8, 4) is 0 Å². The number of cyclic esters (lactones) is 2. The fourth-order valence-corrected chi connectivity index (χ4v) is 0.901. The second-order valence-electron chi connectivity index (χ2n) is 2.77. The van der Waals surface area contributed by atoms with Gasteiger partial charge in [0.2, 0.25) is 0 Å². The molecule has 82 valence electrons. The Morgan fingerprint density at radius 1 is 1.29 bits per heavy atom. The molecule has 1 saturated heterocycles. The quantitative estimate of drug-likeness (QED) is 0.307. The number of hydrogen-bond donors (Lipinski definition) is 5. The first kappa shape index (κ1) is 11.1. The third kappa shape index (κ3) is 1.79. The molecule has 0 spiro atoms. The van der Waals surface area contributed by atoms with Crippen LogP contribution in [-0.4, -0.2) is 62.6 Å². The van der Waals surface area contributed by atoms with Crippen LogP contribution in [0.1, 0.15) is 0 Å². The van der Waals surface area contributed by atoms with E-state index in [1.807, 2.05) is 0 Å². The molecule has 0 radical (unpaired) electrons. The van der Waals surface area contributed by atoms with Crippen LogP contribution in [0.3, 0.4) is 0 Å². The second kappa shape index (κ2) is 3.67. The molecule has 0 aromatic heterocycles. The molecule has 5 N–H and O–H groups in total. The largest absolute Gasteiger partial charge is 0.518 e. The smallest absolute Gasteiger partial charge is 0.394 e. The first-order valence-corrected chi connectivity index (χ1v) is 3.70. The van der Waals surface area contributed by atoms with Crippen molar-refractivity contribution in [2.75, 3.05) is 6.61 Å². The summed E-state index contributed by atoms with van der Waals surface area (Å²) in [6, 6.07) is 0. The van der Waals surface area contributed by atoms with Gasteiger partial charge in [-0.2, -0.15) is 0 Å². The van der Waals surface area contributed by atoms with Gasteiger partial charge in [0.05, 0.1) is 6.61 Å². The van der Waals surface area contributed by atoms with Crippen molar-refractivity contribution in [2.45, 2.75) is 24.3 Å². The van der Waals surface area contributed by atoms with Gasteiger partial charge in [-0.15, -0.1) is 0 Å². The van der Waals surface area contributed by atoms with Crippen molar-refractivity contribution in [3.63, 3.8) is 0 Å². The molecular formula is C6H10O8. The number of carbonyl (C=O) groups is 1. The van der Waals surface area contributed by atoms with Crippen LogP contribution >= 0.6 is 0 Å². The molecule has 8 nitrogen and oxygen atoms in total. The van der Waals surface area contributed by atoms with E-state index >= 15 is 0 Å². The van der Waals surface area contributed by atoms with Crippen LogP contribution in [-0.2, 0) is 9.47 Å². The molecule has 0 saturated carbocycles. The number of rotatable bonds is 4. The van der Waals surface area contributed by atoms with Crippen molar-refractivity contribution in [3.05, 3.63) is 0 Å². The average molecular weight is 210 g/mol. The summed E-state index contributed by atoms with van der Waals surface area (Å²) < 4.78 is 7.99. The molecule has 0 amide bonds. The van der Waals surface area contributed by atoms with E-state index in [1.54, 1.807) is 0 Å². The third-order valence-electron chi connectivity index (χ3n) is 1.74. The van der Waals surface area contributed by atoms with Gasteiger partial charge in [0, 0.05) is 0 Å². The van der Waals surface area contributed by atoms with Gasteiger partial charge in [0.1, 0.15) is 12.2 Å². The lowest BCUT2D eigenvalue weighted by Crippen LogP contribution is -2.63. The normalized spacial score (nSPS) is 25.4. The Kier molecular flexibility index (Phi) is 2.92. The standard InChI is InChI=1S/C6H10O8/c7-1-2(8)3(9)4(10)6(12)13-5(11)14-6/h2-4,7-10,12H,1H2. The zero-order valence-electron chi connectivity index (χ0n) is 6.90. The van der Waals surface area contributed by atoms with Crippen LogP contribution < -0.4 is 0 Å². The molecule has 3 atom stereocenters. The average Bonchev–Trinajstić information content (AvgIpc) is 2.12. The highest BCUT2D eigenvalue weighted by molar-refractivity contribution is 5.65. The minimum Gasteiger partial charge on any atom is -0.394 e. The topological polar surface area (TPSA) is 137 Å². The van der Waals surface area contributed by atoms with Crippen LogP contribution in [0.5, 0.6) is 0 Å². The molecule has 0 aromatic carbocycles. The lowest BCUT2D eigenvalue weighted by atomic mass is 10.1. The zero-order valence-corrected chi connectivity index (χ0v) is 6.90. The molecule has 3 unspecified atom stereocenters. The van der Waals surface area contributed by atoms with E-state index in [4.69, 9.17) is 25.5 Å². The second-order valence-corrected chi connectivity index (χ2v) is 2.77. The fraction of sp³-hybridized carbons (Fsp3) is 0.833. The minimum absolute atomic E-state index is 0.831. The van der Waals surface area contributed by atoms with Gasteiger partial charge in [-0.1, -0.05) is 0 Å². The van der Waals surface area contributed by atoms with Crippen molar-refractivity contribution in [1.82, 2.24) is 0 Å². The molecule has 1 fully saturated rings. The lowest BCUT2D eigenvalue weighted by Gasteiger charge is -2.39. The summed E-state index contributed by atoms with van der Waals surface area (Å²) in [4.78, 5) is 10.2. The molecule has 1 aliphatic rings. The van der Waals surface area contributed by atoms with Crippen molar-refractivity contribution >= 4 is 6.16 Å². The van der Waals surface area contributed by atoms with Crippen LogP contribution in [0.25, 0.3) is 0 Å². The number of aliphatic hydroxyl groups excluding tert-OH is 4. The number of hydrogen-bond acceptors (Lipinski definition) is 8. The Hall–Kier alpha value is -0.930. The third-order valence-corrected chi connectivity index (χ3v) is 1.74. The summed E-state index contributed by atoms with van der Waals surface area (Å²) in [5.74, 6) is -2.66. The van der Waals surface area contributed by atoms with E-state index in [-0.39, 0.29) is 0 Å². The lowest BCUT2D eigenvalue weighted by molar-refractivity contribution is -0.429. The van der Waals surface area contributed by atoms with Crippen molar-refractivity contribution in [2.24, 2.45) is 0 Å². The first-order valence-electron chi connectivity index (χ1n) is 3.70. The summed E-state index contributed by atoms with van der Waals surface area (Å²) in [6.07, 6.45) is -6.87.